The van der Waals surface area contributed by atoms with Gasteiger partial charge in [0.05, 0.1) is 13.2 Å². The number of hydrogen-bond donors (Lipinski definition) is 0. The highest BCUT2D eigenvalue weighted by molar-refractivity contribution is 6.31. The number of rotatable bonds is 3. The summed E-state index contributed by atoms with van der Waals surface area (Å²) >= 11 is 6.13. The second kappa shape index (κ2) is 6.50. The van der Waals surface area contributed by atoms with Gasteiger partial charge >= 0.3 is 0 Å². The zero-order chi connectivity index (χ0) is 18.5. The normalized spacial score (nSPS) is 30.8. The molecule has 0 bridgehead atoms. The number of nitrogens with zero attached hydrogens (tertiary/aromatic N) is 2. The molecule has 1 saturated carbocycles. The third kappa shape index (κ3) is 3.06. The average molecular weight is 377 g/mol. The third-order valence-electron chi connectivity index (χ3n) is 6.73. The molecule has 2 atom stereocenters. The predicted octanol–water partition coefficient (Wildman–Crippen LogP) is 3.47. The maximum absolute atomic E-state index is 13.1. The van der Waals surface area contributed by atoms with Gasteiger partial charge in [0.25, 0.3) is 5.91 Å². The monoisotopic (exact) mass is 376 g/mol. The lowest BCUT2D eigenvalue weighted by atomic mass is 9.48. The van der Waals surface area contributed by atoms with Crippen LogP contribution in [0.5, 0.6) is 0 Å². The molecule has 5 heteroatoms. The fourth-order valence-electron chi connectivity index (χ4n) is 5.66. The highest BCUT2D eigenvalue weighted by Crippen LogP contribution is 2.63. The summed E-state index contributed by atoms with van der Waals surface area (Å²) in [5, 5.41) is 0.716. The molecule has 3 aliphatic rings. The molecule has 142 valence electrons. The van der Waals surface area contributed by atoms with Crippen LogP contribution < -0.4 is 0 Å². The molecular formula is C21H29ClN2O2. The van der Waals surface area contributed by atoms with Crippen LogP contribution in [0, 0.1) is 23.7 Å². The maximum atomic E-state index is 13.1. The number of aryl methyl sites for hydroxylation is 1. The molecule has 0 aromatic heterocycles. The Balaban J connectivity index is 1.52. The van der Waals surface area contributed by atoms with Gasteiger partial charge in [0.1, 0.15) is 0 Å². The third-order valence-corrected chi connectivity index (χ3v) is 7.16. The molecule has 1 aromatic rings. The van der Waals surface area contributed by atoms with Crippen LogP contribution in [0.4, 0.5) is 0 Å². The van der Waals surface area contributed by atoms with E-state index >= 15 is 0 Å². The van der Waals surface area contributed by atoms with Crippen LogP contribution in [0.15, 0.2) is 18.2 Å². The highest BCUT2D eigenvalue weighted by Gasteiger charge is 2.63. The first-order valence-electron chi connectivity index (χ1n) is 9.66. The van der Waals surface area contributed by atoms with Crippen LogP contribution >= 0.6 is 11.6 Å². The zero-order valence-electron chi connectivity index (χ0n) is 16.1. The van der Waals surface area contributed by atoms with E-state index in [0.29, 0.717) is 16.4 Å². The van der Waals surface area contributed by atoms with E-state index < -0.39 is 0 Å². The van der Waals surface area contributed by atoms with Gasteiger partial charge < -0.3 is 9.64 Å². The summed E-state index contributed by atoms with van der Waals surface area (Å²) in [6.07, 6.45) is 1.20. The predicted molar refractivity (Wildman–Crippen MR) is 104 cm³/mol. The van der Waals surface area contributed by atoms with E-state index in [0.717, 1.165) is 57.1 Å². The number of carbonyl (C=O) groups is 1. The van der Waals surface area contributed by atoms with Crippen LogP contribution in [0.1, 0.15) is 36.2 Å². The van der Waals surface area contributed by atoms with Crippen molar-refractivity contribution in [2.75, 3.05) is 45.9 Å². The summed E-state index contributed by atoms with van der Waals surface area (Å²) in [4.78, 5) is 17.7. The van der Waals surface area contributed by atoms with Gasteiger partial charge in [0.15, 0.2) is 0 Å². The summed E-state index contributed by atoms with van der Waals surface area (Å²) in [7, 11) is 0. The van der Waals surface area contributed by atoms with Gasteiger partial charge in [0, 0.05) is 48.7 Å². The Kier molecular flexibility index (Phi) is 4.57. The number of carbonyl (C=O) groups excluding carboxylic acids is 1. The van der Waals surface area contributed by atoms with Crippen LogP contribution in [-0.2, 0) is 4.74 Å². The number of benzene rings is 1. The summed E-state index contributed by atoms with van der Waals surface area (Å²) in [6.45, 7) is 13.2. The Morgan fingerprint density at radius 2 is 2.04 bits per heavy atom. The number of morpholine rings is 1. The number of hydrogen-bond acceptors (Lipinski definition) is 3. The van der Waals surface area contributed by atoms with E-state index in [-0.39, 0.29) is 11.3 Å². The maximum Gasteiger partial charge on any atom is 0.253 e. The fourth-order valence-corrected chi connectivity index (χ4v) is 5.78. The quantitative estimate of drug-likeness (QED) is 0.809. The lowest BCUT2D eigenvalue weighted by Gasteiger charge is -2.58. The van der Waals surface area contributed by atoms with Crippen molar-refractivity contribution < 1.29 is 9.53 Å². The van der Waals surface area contributed by atoms with E-state index in [4.69, 9.17) is 16.3 Å². The fraction of sp³-hybridized carbons (Fsp3) is 0.667. The average Bonchev–Trinajstić information content (AvgIpc) is 2.92. The van der Waals surface area contributed by atoms with Crippen molar-refractivity contribution >= 4 is 17.5 Å². The summed E-state index contributed by atoms with van der Waals surface area (Å²) < 4.78 is 5.50. The van der Waals surface area contributed by atoms with Gasteiger partial charge in [-0.2, -0.15) is 0 Å². The highest BCUT2D eigenvalue weighted by atomic mass is 35.5. The van der Waals surface area contributed by atoms with Crippen molar-refractivity contribution in [1.29, 1.82) is 0 Å². The molecule has 0 spiro atoms. The van der Waals surface area contributed by atoms with E-state index in [1.807, 2.05) is 25.1 Å². The van der Waals surface area contributed by atoms with E-state index in [9.17, 15) is 4.79 Å². The van der Waals surface area contributed by atoms with Crippen LogP contribution in [0.2, 0.25) is 5.02 Å². The Bertz CT molecular complexity index is 714. The second-order valence-electron chi connectivity index (χ2n) is 9.12. The van der Waals surface area contributed by atoms with Gasteiger partial charge in [0.2, 0.25) is 0 Å². The molecule has 1 aromatic carbocycles. The van der Waals surface area contributed by atoms with Crippen molar-refractivity contribution in [1.82, 2.24) is 9.80 Å². The van der Waals surface area contributed by atoms with Crippen LogP contribution in [-0.4, -0.2) is 61.6 Å². The summed E-state index contributed by atoms with van der Waals surface area (Å²) in [6, 6.07) is 5.62. The molecule has 3 fully saturated rings. The van der Waals surface area contributed by atoms with E-state index in [1.54, 1.807) is 0 Å². The first-order valence-corrected chi connectivity index (χ1v) is 10.0. The minimum Gasteiger partial charge on any atom is -0.379 e. The van der Waals surface area contributed by atoms with E-state index in [1.165, 1.54) is 6.42 Å². The number of fused-ring (bicyclic) bond motifs is 1. The molecule has 26 heavy (non-hydrogen) atoms. The molecule has 1 aliphatic carbocycles. The van der Waals surface area contributed by atoms with Gasteiger partial charge in [-0.25, -0.2) is 0 Å². The number of amides is 1. The molecule has 2 aliphatic heterocycles. The first kappa shape index (κ1) is 18.3. The van der Waals surface area contributed by atoms with Crippen molar-refractivity contribution in [3.05, 3.63) is 34.3 Å². The Morgan fingerprint density at radius 3 is 2.69 bits per heavy atom. The van der Waals surface area contributed by atoms with Crippen LogP contribution in [0.3, 0.4) is 0 Å². The Morgan fingerprint density at radius 1 is 1.31 bits per heavy atom. The molecule has 4 rings (SSSR count). The summed E-state index contributed by atoms with van der Waals surface area (Å²) in [5.74, 6) is 0.728. The Hall–Kier alpha value is -1.10. The van der Waals surface area contributed by atoms with Crippen molar-refractivity contribution in [3.8, 4) is 0 Å². The number of halogens is 1. The van der Waals surface area contributed by atoms with Gasteiger partial charge in [-0.05, 0) is 48.4 Å². The topological polar surface area (TPSA) is 32.8 Å². The summed E-state index contributed by atoms with van der Waals surface area (Å²) in [5.41, 5.74) is 2.28. The number of ether oxygens (including phenoxy) is 1. The largest absolute Gasteiger partial charge is 0.379 e. The molecule has 0 unspecified atom stereocenters. The SMILES string of the molecule is Cc1cc(C(=O)N2C[C@@H]3C(C)(C)C[C@]3(CN3CCOCC3)C2)ccc1Cl. The van der Waals surface area contributed by atoms with Gasteiger partial charge in [-0.3, -0.25) is 9.69 Å². The second-order valence-corrected chi connectivity index (χ2v) is 9.53. The minimum atomic E-state index is 0.149. The van der Waals surface area contributed by atoms with Crippen molar-refractivity contribution in [3.63, 3.8) is 0 Å². The standard InChI is InChI=1S/C21H29ClN2O2/c1-15-10-16(4-5-17(15)22)19(25)24-11-18-20(2,3)12-21(18,14-24)13-23-6-8-26-9-7-23/h4-5,10,18H,6-9,11-14H2,1-3H3/t18-,21+/m1/s1. The molecule has 4 nitrogen and oxygen atoms in total. The molecule has 0 N–H and O–H groups in total. The lowest BCUT2D eigenvalue weighted by molar-refractivity contribution is -0.0966. The van der Waals surface area contributed by atoms with Gasteiger partial charge in [-0.15, -0.1) is 0 Å². The van der Waals surface area contributed by atoms with Crippen LogP contribution in [0.25, 0.3) is 0 Å². The lowest BCUT2D eigenvalue weighted by Crippen LogP contribution is -2.59. The molecular weight excluding hydrogens is 348 g/mol. The first-order chi connectivity index (χ1) is 12.3. The molecule has 1 amide bonds. The van der Waals surface area contributed by atoms with E-state index in [2.05, 4.69) is 23.6 Å². The molecule has 2 saturated heterocycles. The molecule has 2 heterocycles. The van der Waals surface area contributed by atoms with Crippen molar-refractivity contribution in [2.45, 2.75) is 27.2 Å². The van der Waals surface area contributed by atoms with Gasteiger partial charge in [-0.1, -0.05) is 25.4 Å². The minimum absolute atomic E-state index is 0.149. The molecule has 0 radical (unpaired) electrons. The zero-order valence-corrected chi connectivity index (χ0v) is 16.8. The number of likely N-dealkylation sites (tertiary alicyclic amines) is 1. The Labute approximate surface area is 161 Å². The van der Waals surface area contributed by atoms with Crippen molar-refractivity contribution in [2.24, 2.45) is 16.7 Å². The smallest absolute Gasteiger partial charge is 0.253 e.